The van der Waals surface area contributed by atoms with E-state index in [1.807, 2.05) is 6.07 Å². The van der Waals surface area contributed by atoms with Crippen LogP contribution < -0.4 is 15.5 Å². The summed E-state index contributed by atoms with van der Waals surface area (Å²) in [5, 5.41) is 16.6. The molecule has 9 heteroatoms. The average Bonchev–Trinajstić information content (AvgIpc) is 2.73. The molecule has 3 rings (SSSR count). The van der Waals surface area contributed by atoms with Gasteiger partial charge in [-0.15, -0.1) is 0 Å². The Morgan fingerprint density at radius 3 is 2.59 bits per heavy atom. The zero-order valence-electron chi connectivity index (χ0n) is 18.0. The van der Waals surface area contributed by atoms with Gasteiger partial charge < -0.3 is 15.7 Å². The summed E-state index contributed by atoms with van der Waals surface area (Å²) in [6, 6.07) is 13.4. The number of carbonyl (C=O) groups is 1. The van der Waals surface area contributed by atoms with Crippen molar-refractivity contribution in [3.8, 4) is 0 Å². The molecule has 2 amide bonds. The number of hydrogen-bond donors (Lipinski definition) is 3. The molecule has 32 heavy (non-hydrogen) atoms. The summed E-state index contributed by atoms with van der Waals surface area (Å²) in [6.45, 7) is 5.37. The van der Waals surface area contributed by atoms with Gasteiger partial charge >= 0.3 is 6.03 Å². The molecule has 0 spiro atoms. The minimum Gasteiger partial charge on any atom is -0.388 e. The van der Waals surface area contributed by atoms with Crippen LogP contribution in [-0.2, 0) is 6.54 Å². The Hall–Kier alpha value is -3.23. The van der Waals surface area contributed by atoms with Gasteiger partial charge in [0.1, 0.15) is 11.6 Å². The van der Waals surface area contributed by atoms with Crippen molar-refractivity contribution < 1.29 is 14.3 Å². The first kappa shape index (κ1) is 23.4. The van der Waals surface area contributed by atoms with Gasteiger partial charge in [0, 0.05) is 23.8 Å². The van der Waals surface area contributed by atoms with Gasteiger partial charge in [0.25, 0.3) is 0 Å². The van der Waals surface area contributed by atoms with E-state index in [9.17, 15) is 14.3 Å². The Labute approximate surface area is 191 Å². The van der Waals surface area contributed by atoms with Crippen molar-refractivity contribution in [3.63, 3.8) is 0 Å². The van der Waals surface area contributed by atoms with E-state index >= 15 is 0 Å². The number of rotatable bonds is 7. The molecule has 168 valence electrons. The van der Waals surface area contributed by atoms with E-state index in [0.717, 1.165) is 5.56 Å². The molecule has 0 saturated heterocycles. The molecule has 3 N–H and O–H groups in total. The van der Waals surface area contributed by atoms with Crippen molar-refractivity contribution in [1.82, 2.24) is 15.3 Å². The predicted molar refractivity (Wildman–Crippen MR) is 124 cm³/mol. The smallest absolute Gasteiger partial charge is 0.327 e. The summed E-state index contributed by atoms with van der Waals surface area (Å²) < 4.78 is 13.5. The monoisotopic (exact) mass is 457 g/mol. The Morgan fingerprint density at radius 1 is 1.22 bits per heavy atom. The molecule has 0 aliphatic carbocycles. The molecule has 0 saturated carbocycles. The maximum Gasteiger partial charge on any atom is 0.327 e. The van der Waals surface area contributed by atoms with Crippen LogP contribution in [0, 0.1) is 5.82 Å². The maximum absolute atomic E-state index is 13.5. The summed E-state index contributed by atoms with van der Waals surface area (Å²) in [5.41, 5.74) is 0.244. The van der Waals surface area contributed by atoms with Crippen molar-refractivity contribution in [2.75, 3.05) is 10.2 Å². The lowest BCUT2D eigenvalue weighted by molar-refractivity contribution is 0.0646. The van der Waals surface area contributed by atoms with Crippen LogP contribution in [0.25, 0.3) is 0 Å². The summed E-state index contributed by atoms with van der Waals surface area (Å²) in [4.78, 5) is 23.1. The van der Waals surface area contributed by atoms with Crippen molar-refractivity contribution in [2.45, 2.75) is 39.0 Å². The highest BCUT2D eigenvalue weighted by atomic mass is 35.5. The minimum atomic E-state index is -1.01. The predicted octanol–water partition coefficient (Wildman–Crippen LogP) is 4.89. The molecule has 0 fully saturated rings. The number of nitrogens with one attached hydrogen (secondary N) is 2. The number of halogens is 2. The number of hydrogen-bond acceptors (Lipinski definition) is 5. The van der Waals surface area contributed by atoms with E-state index in [1.165, 1.54) is 35.4 Å². The van der Waals surface area contributed by atoms with E-state index in [2.05, 4.69) is 20.6 Å². The number of anilines is 3. The lowest BCUT2D eigenvalue weighted by atomic mass is 10.0. The molecule has 1 atom stereocenters. The fourth-order valence-corrected chi connectivity index (χ4v) is 2.97. The van der Waals surface area contributed by atoms with Crippen LogP contribution in [-0.4, -0.2) is 32.7 Å². The molecule has 7 nitrogen and oxygen atoms in total. The van der Waals surface area contributed by atoms with Gasteiger partial charge in [-0.3, -0.25) is 0 Å². The molecule has 0 aliphatic rings. The highest BCUT2D eigenvalue weighted by molar-refractivity contribution is 6.30. The summed E-state index contributed by atoms with van der Waals surface area (Å²) >= 11 is 6.02. The lowest BCUT2D eigenvalue weighted by Gasteiger charge is -2.27. The SMILES string of the molecule is CC(Nc1nccc(N(C(=O)NCc2cccc(Cl)c2)c2ccc(F)cc2)n1)C(C)(C)O. The third-order valence-electron chi connectivity index (χ3n) is 4.90. The lowest BCUT2D eigenvalue weighted by Crippen LogP contribution is -2.40. The van der Waals surface area contributed by atoms with Gasteiger partial charge in [0.15, 0.2) is 0 Å². The van der Waals surface area contributed by atoms with Crippen LogP contribution >= 0.6 is 11.6 Å². The highest BCUT2D eigenvalue weighted by Gasteiger charge is 2.24. The Bertz CT molecular complexity index is 1070. The highest BCUT2D eigenvalue weighted by Crippen LogP contribution is 2.25. The van der Waals surface area contributed by atoms with Gasteiger partial charge in [0.2, 0.25) is 5.95 Å². The molecular formula is C23H25ClFN5O2. The summed E-state index contributed by atoms with van der Waals surface area (Å²) in [5.74, 6) is 0.101. The summed E-state index contributed by atoms with van der Waals surface area (Å²) in [6.07, 6.45) is 1.50. The Kier molecular flexibility index (Phi) is 7.27. The third kappa shape index (κ3) is 6.15. The molecule has 2 aromatic carbocycles. The number of nitrogens with zero attached hydrogens (tertiary/aromatic N) is 3. The van der Waals surface area contributed by atoms with Crippen LogP contribution in [0.5, 0.6) is 0 Å². The van der Waals surface area contributed by atoms with Crippen LogP contribution in [0.4, 0.5) is 26.6 Å². The second kappa shape index (κ2) is 9.93. The van der Waals surface area contributed by atoms with E-state index in [0.29, 0.717) is 10.7 Å². The molecule has 3 aromatic rings. The van der Waals surface area contributed by atoms with Gasteiger partial charge in [0.05, 0.1) is 17.3 Å². The number of carbonyl (C=O) groups excluding carboxylic acids is 1. The zero-order valence-corrected chi connectivity index (χ0v) is 18.8. The molecule has 1 unspecified atom stereocenters. The van der Waals surface area contributed by atoms with Gasteiger partial charge in [-0.05, 0) is 62.7 Å². The number of urea groups is 1. The van der Waals surface area contributed by atoms with Crippen LogP contribution in [0.2, 0.25) is 5.02 Å². The Balaban J connectivity index is 1.88. The zero-order chi connectivity index (χ0) is 23.3. The van der Waals surface area contributed by atoms with Crippen molar-refractivity contribution in [1.29, 1.82) is 0 Å². The third-order valence-corrected chi connectivity index (χ3v) is 5.13. The molecular weight excluding hydrogens is 433 g/mol. The van der Waals surface area contributed by atoms with Crippen LogP contribution in [0.15, 0.2) is 60.8 Å². The topological polar surface area (TPSA) is 90.4 Å². The van der Waals surface area contributed by atoms with Gasteiger partial charge in [-0.2, -0.15) is 4.98 Å². The molecule has 0 bridgehead atoms. The van der Waals surface area contributed by atoms with Crippen molar-refractivity contribution in [2.24, 2.45) is 0 Å². The van der Waals surface area contributed by atoms with Crippen molar-refractivity contribution >= 4 is 35.1 Å². The first-order valence-corrected chi connectivity index (χ1v) is 10.4. The average molecular weight is 458 g/mol. The van der Waals surface area contributed by atoms with Gasteiger partial charge in [-0.1, -0.05) is 23.7 Å². The van der Waals surface area contributed by atoms with E-state index in [-0.39, 0.29) is 24.4 Å². The van der Waals surface area contributed by atoms with Crippen LogP contribution in [0.3, 0.4) is 0 Å². The number of aromatic nitrogens is 2. The second-order valence-electron chi connectivity index (χ2n) is 7.86. The fourth-order valence-electron chi connectivity index (χ4n) is 2.76. The number of aliphatic hydroxyl groups is 1. The van der Waals surface area contributed by atoms with E-state index in [4.69, 9.17) is 11.6 Å². The maximum atomic E-state index is 13.5. The number of benzene rings is 2. The first-order valence-electron chi connectivity index (χ1n) is 10.0. The van der Waals surface area contributed by atoms with Gasteiger partial charge in [-0.25, -0.2) is 19.1 Å². The minimum absolute atomic E-state index is 0.239. The first-order chi connectivity index (χ1) is 15.1. The normalized spacial score (nSPS) is 12.2. The fraction of sp³-hybridized carbons (Fsp3) is 0.261. The number of amides is 2. The Morgan fingerprint density at radius 2 is 1.94 bits per heavy atom. The van der Waals surface area contributed by atoms with E-state index < -0.39 is 17.4 Å². The van der Waals surface area contributed by atoms with Crippen molar-refractivity contribution in [3.05, 3.63) is 77.2 Å². The second-order valence-corrected chi connectivity index (χ2v) is 8.30. The molecule has 0 aliphatic heterocycles. The standard InChI is InChI=1S/C23H25ClFN5O2/c1-15(23(2,3)32)28-21-26-12-11-20(29-21)30(19-9-7-18(25)8-10-19)22(31)27-14-16-5-4-6-17(24)13-16/h4-13,15,32H,14H2,1-3H3,(H,27,31)(H,26,28,29). The molecule has 1 aromatic heterocycles. The van der Waals surface area contributed by atoms with E-state index in [1.54, 1.807) is 45.0 Å². The molecule has 1 heterocycles. The molecule has 0 radical (unpaired) electrons. The summed E-state index contributed by atoms with van der Waals surface area (Å²) in [7, 11) is 0. The largest absolute Gasteiger partial charge is 0.388 e. The van der Waals surface area contributed by atoms with Crippen LogP contribution in [0.1, 0.15) is 26.3 Å². The quantitative estimate of drug-likeness (QED) is 0.470.